The second-order valence-corrected chi connectivity index (χ2v) is 9.32. The fourth-order valence-electron chi connectivity index (χ4n) is 4.60. The highest BCUT2D eigenvalue weighted by Gasteiger charge is 2.31. The molecule has 5 rings (SSSR count). The molecule has 8 nitrogen and oxygen atoms in total. The van der Waals surface area contributed by atoms with Crippen LogP contribution >= 0.6 is 0 Å². The second-order valence-electron chi connectivity index (χ2n) is 9.32. The number of alkyl halides is 3. The molecule has 4 N–H and O–H groups in total. The van der Waals surface area contributed by atoms with Gasteiger partial charge < -0.3 is 20.7 Å². The van der Waals surface area contributed by atoms with Crippen LogP contribution in [-0.2, 0) is 0 Å². The second kappa shape index (κ2) is 11.7. The zero-order valence-electron chi connectivity index (χ0n) is 21.5. The number of amidine groups is 1. The average molecular weight is 538 g/mol. The number of aromatic amines is 1. The third-order valence-corrected chi connectivity index (χ3v) is 6.39. The third-order valence-electron chi connectivity index (χ3n) is 6.39. The van der Waals surface area contributed by atoms with Crippen LogP contribution in [-0.4, -0.2) is 66.6 Å². The minimum atomic E-state index is -4.74. The van der Waals surface area contributed by atoms with E-state index in [1.54, 1.807) is 13.0 Å². The maximum Gasteiger partial charge on any atom is 0.573 e. The summed E-state index contributed by atoms with van der Waals surface area (Å²) in [7, 11) is 0. The van der Waals surface area contributed by atoms with E-state index in [1.807, 2.05) is 30.5 Å². The van der Waals surface area contributed by atoms with Crippen LogP contribution < -0.4 is 20.7 Å². The number of aliphatic imine (C=N–C) groups is 1. The van der Waals surface area contributed by atoms with Gasteiger partial charge >= 0.3 is 6.36 Å². The normalized spacial score (nSPS) is 14.9. The van der Waals surface area contributed by atoms with Gasteiger partial charge in [0.25, 0.3) is 0 Å². The van der Waals surface area contributed by atoms with Gasteiger partial charge in [-0.2, -0.15) is 5.10 Å². The van der Waals surface area contributed by atoms with Gasteiger partial charge in [0.1, 0.15) is 11.6 Å². The predicted molar refractivity (Wildman–Crippen MR) is 149 cm³/mol. The molecule has 4 aromatic rings. The minimum Gasteiger partial charge on any atom is -0.406 e. The van der Waals surface area contributed by atoms with E-state index in [-0.39, 0.29) is 5.75 Å². The number of hydrogen-bond donors (Lipinski definition) is 4. The van der Waals surface area contributed by atoms with E-state index in [9.17, 15) is 13.2 Å². The molecule has 0 unspecified atom stereocenters. The Morgan fingerprint density at radius 3 is 2.62 bits per heavy atom. The summed E-state index contributed by atoms with van der Waals surface area (Å²) in [6.45, 7) is 7.77. The third kappa shape index (κ3) is 7.27. The molecule has 0 bridgehead atoms. The maximum atomic E-state index is 12.5. The maximum absolute atomic E-state index is 12.5. The number of nitrogens with one attached hydrogen (secondary N) is 4. The molecule has 1 aliphatic rings. The summed E-state index contributed by atoms with van der Waals surface area (Å²) in [6.07, 6.45) is -2.92. The number of H-pyrrole nitrogens is 1. The monoisotopic (exact) mass is 537 g/mol. The molecule has 3 aromatic carbocycles. The number of benzene rings is 3. The SMILES string of the molecule is CC(=Nc1ccc(-c2cc(NCCN3CCNCC3)cc3[nH]ncc23)cc1)Nc1cccc(OC(F)(F)F)c1. The highest BCUT2D eigenvalue weighted by atomic mass is 19.4. The Bertz CT molecular complexity index is 1430. The molecule has 0 spiro atoms. The number of rotatable bonds is 8. The Hall–Kier alpha value is -4.09. The van der Waals surface area contributed by atoms with Gasteiger partial charge in [-0.1, -0.05) is 18.2 Å². The average Bonchev–Trinajstić information content (AvgIpc) is 3.37. The fourth-order valence-corrected chi connectivity index (χ4v) is 4.60. The van der Waals surface area contributed by atoms with E-state index in [0.717, 1.165) is 67.0 Å². The number of piperazine rings is 1. The molecule has 204 valence electrons. The lowest BCUT2D eigenvalue weighted by atomic mass is 10.0. The number of ether oxygens (including phenoxy) is 1. The van der Waals surface area contributed by atoms with Crippen molar-refractivity contribution in [2.45, 2.75) is 13.3 Å². The van der Waals surface area contributed by atoms with Crippen LogP contribution in [0.15, 0.2) is 71.9 Å². The molecule has 11 heteroatoms. The van der Waals surface area contributed by atoms with Crippen LogP contribution in [0.1, 0.15) is 6.92 Å². The first-order chi connectivity index (χ1) is 18.8. The molecule has 39 heavy (non-hydrogen) atoms. The molecular formula is C28H30F3N7O. The van der Waals surface area contributed by atoms with Crippen molar-refractivity contribution < 1.29 is 17.9 Å². The molecule has 1 aromatic heterocycles. The molecule has 0 saturated carbocycles. The van der Waals surface area contributed by atoms with Crippen molar-refractivity contribution >= 4 is 33.8 Å². The first kappa shape index (κ1) is 26.5. The molecule has 1 fully saturated rings. The van der Waals surface area contributed by atoms with Gasteiger partial charge in [-0.3, -0.25) is 10.00 Å². The van der Waals surface area contributed by atoms with Crippen LogP contribution in [0.25, 0.3) is 22.0 Å². The lowest BCUT2D eigenvalue weighted by Crippen LogP contribution is -2.45. The first-order valence-electron chi connectivity index (χ1n) is 12.7. The molecular weight excluding hydrogens is 507 g/mol. The van der Waals surface area contributed by atoms with Crippen molar-refractivity contribution in [2.24, 2.45) is 4.99 Å². The van der Waals surface area contributed by atoms with Crippen molar-refractivity contribution in [3.05, 3.63) is 66.9 Å². The van der Waals surface area contributed by atoms with Gasteiger partial charge in [-0.05, 0) is 54.4 Å². The highest BCUT2D eigenvalue weighted by Crippen LogP contribution is 2.32. The van der Waals surface area contributed by atoms with Crippen molar-refractivity contribution in [1.29, 1.82) is 0 Å². The number of nitrogens with zero attached hydrogens (tertiary/aromatic N) is 3. The van der Waals surface area contributed by atoms with E-state index in [0.29, 0.717) is 17.2 Å². The Kier molecular flexibility index (Phi) is 7.99. The van der Waals surface area contributed by atoms with Gasteiger partial charge in [0.2, 0.25) is 0 Å². The number of fused-ring (bicyclic) bond motifs is 1. The zero-order chi connectivity index (χ0) is 27.2. The van der Waals surface area contributed by atoms with Gasteiger partial charge in [0.05, 0.1) is 17.4 Å². The van der Waals surface area contributed by atoms with E-state index in [2.05, 4.69) is 52.9 Å². The summed E-state index contributed by atoms with van der Waals surface area (Å²) in [4.78, 5) is 7.00. The standard InChI is InChI=1S/C28H30F3N7O/c1-19(36-22-3-2-4-24(15-22)39-28(29,30)31)35-21-7-5-20(6-8-21)25-16-23(17-27-26(25)18-34-37-27)33-11-14-38-12-9-32-10-13-38/h2-8,15-18,32-33H,9-14H2,1H3,(H,34,37)(H,35,36). The van der Waals surface area contributed by atoms with Crippen LogP contribution in [0.5, 0.6) is 5.75 Å². The van der Waals surface area contributed by atoms with Gasteiger partial charge in [0.15, 0.2) is 0 Å². The molecule has 0 amide bonds. The van der Waals surface area contributed by atoms with Crippen LogP contribution in [0.2, 0.25) is 0 Å². The van der Waals surface area contributed by atoms with E-state index in [1.165, 1.54) is 18.2 Å². The van der Waals surface area contributed by atoms with Gasteiger partial charge in [-0.25, -0.2) is 4.99 Å². The summed E-state index contributed by atoms with van der Waals surface area (Å²) < 4.78 is 41.5. The first-order valence-corrected chi connectivity index (χ1v) is 12.7. The summed E-state index contributed by atoms with van der Waals surface area (Å²) in [5.41, 5.74) is 5.21. The summed E-state index contributed by atoms with van der Waals surface area (Å²) >= 11 is 0. The Morgan fingerprint density at radius 2 is 1.85 bits per heavy atom. The number of halogens is 3. The lowest BCUT2D eigenvalue weighted by Gasteiger charge is -2.27. The summed E-state index contributed by atoms with van der Waals surface area (Å²) in [6, 6.07) is 17.7. The van der Waals surface area contributed by atoms with E-state index < -0.39 is 6.36 Å². The number of anilines is 2. The molecule has 1 saturated heterocycles. The number of hydrogen-bond acceptors (Lipinski definition) is 6. The number of aromatic nitrogens is 2. The molecule has 0 atom stereocenters. The molecule has 2 heterocycles. The lowest BCUT2D eigenvalue weighted by molar-refractivity contribution is -0.274. The van der Waals surface area contributed by atoms with Crippen LogP contribution in [0.3, 0.4) is 0 Å². The van der Waals surface area contributed by atoms with Crippen LogP contribution in [0, 0.1) is 0 Å². The zero-order valence-corrected chi connectivity index (χ0v) is 21.5. The summed E-state index contributed by atoms with van der Waals surface area (Å²) in [5.74, 6) is 0.232. The van der Waals surface area contributed by atoms with Gasteiger partial charge in [-0.15, -0.1) is 13.2 Å². The molecule has 0 radical (unpaired) electrons. The fraction of sp³-hybridized carbons (Fsp3) is 0.286. The smallest absolute Gasteiger partial charge is 0.406 e. The van der Waals surface area contributed by atoms with Crippen molar-refractivity contribution in [2.75, 3.05) is 49.9 Å². The molecule has 1 aliphatic heterocycles. The van der Waals surface area contributed by atoms with Crippen molar-refractivity contribution in [3.8, 4) is 16.9 Å². The van der Waals surface area contributed by atoms with Crippen molar-refractivity contribution in [1.82, 2.24) is 20.4 Å². The quantitative estimate of drug-likeness (QED) is 0.173. The van der Waals surface area contributed by atoms with E-state index in [4.69, 9.17) is 0 Å². The van der Waals surface area contributed by atoms with Crippen molar-refractivity contribution in [3.63, 3.8) is 0 Å². The Labute approximate surface area is 224 Å². The van der Waals surface area contributed by atoms with Crippen LogP contribution in [0.4, 0.5) is 30.2 Å². The van der Waals surface area contributed by atoms with E-state index >= 15 is 0 Å². The Morgan fingerprint density at radius 1 is 1.05 bits per heavy atom. The minimum absolute atomic E-state index is 0.296. The topological polar surface area (TPSA) is 89.6 Å². The highest BCUT2D eigenvalue weighted by molar-refractivity contribution is 5.98. The Balaban J connectivity index is 1.27. The largest absolute Gasteiger partial charge is 0.573 e. The predicted octanol–water partition coefficient (Wildman–Crippen LogP) is 5.61. The molecule has 0 aliphatic carbocycles. The summed E-state index contributed by atoms with van der Waals surface area (Å²) in [5, 5.41) is 18.3. The van der Waals surface area contributed by atoms with Gasteiger partial charge in [0, 0.05) is 62.1 Å².